The van der Waals surface area contributed by atoms with Gasteiger partial charge in [-0.2, -0.15) is 0 Å². The topological polar surface area (TPSA) is 95.7 Å². The van der Waals surface area contributed by atoms with Gasteiger partial charge >= 0.3 is 11.7 Å². The molecule has 1 aromatic carbocycles. The Hall–Kier alpha value is -2.44. The number of nitro groups is 1. The summed E-state index contributed by atoms with van der Waals surface area (Å²) in [5.41, 5.74) is -0.614. The maximum Gasteiger partial charge on any atom is 0.325 e. The van der Waals surface area contributed by atoms with E-state index >= 15 is 0 Å². The summed E-state index contributed by atoms with van der Waals surface area (Å²) >= 11 is 0. The number of Topliss-reactive ketones (excluding diaryl/α,β-unsaturated/α-hetero) is 1. The molecular weight excluding hydrogens is 242 g/mol. The molecule has 18 heavy (non-hydrogen) atoms. The summed E-state index contributed by atoms with van der Waals surface area (Å²) in [6, 6.07) is 2.51. The smallest absolute Gasteiger partial charge is 0.325 e. The van der Waals surface area contributed by atoms with Gasteiger partial charge in [0.15, 0.2) is 11.5 Å². The third-order valence-corrected chi connectivity index (χ3v) is 2.12. The van der Waals surface area contributed by atoms with Crippen LogP contribution in [0.25, 0.3) is 0 Å². The predicted molar refractivity (Wildman–Crippen MR) is 61.0 cm³/mol. The summed E-state index contributed by atoms with van der Waals surface area (Å²) in [7, 11) is 1.19. The molecule has 0 amide bonds. The van der Waals surface area contributed by atoms with Crippen LogP contribution in [0.15, 0.2) is 12.1 Å². The van der Waals surface area contributed by atoms with Gasteiger partial charge in [0, 0.05) is 6.92 Å². The second kappa shape index (κ2) is 5.26. The van der Waals surface area contributed by atoms with Crippen LogP contribution in [0, 0.1) is 10.1 Å². The molecule has 0 spiro atoms. The first kappa shape index (κ1) is 13.6. The van der Waals surface area contributed by atoms with Crippen LogP contribution in [0.2, 0.25) is 0 Å². The van der Waals surface area contributed by atoms with E-state index in [-0.39, 0.29) is 17.1 Å². The van der Waals surface area contributed by atoms with Crippen molar-refractivity contribution in [1.82, 2.24) is 0 Å². The summed E-state index contributed by atoms with van der Waals surface area (Å²) in [6.45, 7) is 2.36. The lowest BCUT2D eigenvalue weighted by Crippen LogP contribution is -2.07. The zero-order valence-electron chi connectivity index (χ0n) is 10.1. The van der Waals surface area contributed by atoms with Gasteiger partial charge in [-0.05, 0) is 19.1 Å². The van der Waals surface area contributed by atoms with Crippen LogP contribution >= 0.6 is 0 Å². The van der Waals surface area contributed by atoms with Crippen LogP contribution in [0.3, 0.4) is 0 Å². The maximum atomic E-state index is 11.3. The maximum absolute atomic E-state index is 11.3. The predicted octanol–water partition coefficient (Wildman–Crippen LogP) is 1.73. The fourth-order valence-electron chi connectivity index (χ4n) is 1.45. The molecular formula is C11H11NO6. The summed E-state index contributed by atoms with van der Waals surface area (Å²) in [4.78, 5) is 32.4. The number of nitro benzene ring substituents is 1. The normalized spacial score (nSPS) is 9.72. The van der Waals surface area contributed by atoms with Crippen LogP contribution in [-0.2, 0) is 4.79 Å². The van der Waals surface area contributed by atoms with Gasteiger partial charge in [0.25, 0.3) is 0 Å². The molecule has 0 fully saturated rings. The lowest BCUT2D eigenvalue weighted by Gasteiger charge is -2.09. The number of carbonyl (C=O) groups is 2. The molecule has 7 nitrogen and oxygen atoms in total. The SMILES string of the molecule is COc1c(OC(C)=O)ccc(C(C)=O)c1[N+](=O)[O-]. The second-order valence-corrected chi connectivity index (χ2v) is 3.40. The highest BCUT2D eigenvalue weighted by Crippen LogP contribution is 2.39. The van der Waals surface area contributed by atoms with Crippen molar-refractivity contribution in [3.8, 4) is 11.5 Å². The molecule has 1 rings (SSSR count). The average Bonchev–Trinajstić information content (AvgIpc) is 2.26. The lowest BCUT2D eigenvalue weighted by atomic mass is 10.1. The van der Waals surface area contributed by atoms with Crippen LogP contribution in [0.4, 0.5) is 5.69 Å². The monoisotopic (exact) mass is 253 g/mol. The van der Waals surface area contributed by atoms with Gasteiger partial charge in [0.1, 0.15) is 0 Å². The quantitative estimate of drug-likeness (QED) is 0.266. The van der Waals surface area contributed by atoms with Crippen molar-refractivity contribution in [2.45, 2.75) is 13.8 Å². The number of ether oxygens (including phenoxy) is 2. The highest BCUT2D eigenvalue weighted by molar-refractivity contribution is 5.99. The first-order valence-electron chi connectivity index (χ1n) is 4.93. The zero-order valence-corrected chi connectivity index (χ0v) is 10.1. The van der Waals surface area contributed by atoms with Crippen LogP contribution < -0.4 is 9.47 Å². The Morgan fingerprint density at radius 3 is 2.28 bits per heavy atom. The average molecular weight is 253 g/mol. The van der Waals surface area contributed by atoms with E-state index in [0.29, 0.717) is 0 Å². The van der Waals surface area contributed by atoms with Gasteiger partial charge in [0.05, 0.1) is 17.6 Å². The number of nitrogens with zero attached hydrogens (tertiary/aromatic N) is 1. The molecule has 96 valence electrons. The van der Waals surface area contributed by atoms with Gasteiger partial charge < -0.3 is 9.47 Å². The molecule has 0 aliphatic carbocycles. The minimum Gasteiger partial charge on any atom is -0.488 e. The number of rotatable bonds is 4. The molecule has 0 aliphatic heterocycles. The molecule has 0 saturated heterocycles. The zero-order chi connectivity index (χ0) is 13.9. The van der Waals surface area contributed by atoms with E-state index in [0.717, 1.165) is 6.92 Å². The number of ketones is 1. The third kappa shape index (κ3) is 2.62. The Balaban J connectivity index is 3.52. The standard InChI is InChI=1S/C11H11NO6/c1-6(13)8-4-5-9(18-7(2)14)11(17-3)10(8)12(15)16/h4-5H,1-3H3. The number of benzene rings is 1. The summed E-state index contributed by atoms with van der Waals surface area (Å²) in [5.74, 6) is -1.46. The van der Waals surface area contributed by atoms with Gasteiger partial charge in [-0.1, -0.05) is 0 Å². The number of esters is 1. The molecule has 0 N–H and O–H groups in total. The molecule has 0 atom stereocenters. The van der Waals surface area contributed by atoms with E-state index < -0.39 is 22.4 Å². The van der Waals surface area contributed by atoms with E-state index in [1.54, 1.807) is 0 Å². The Bertz CT molecular complexity index is 523. The van der Waals surface area contributed by atoms with E-state index in [1.165, 1.54) is 26.2 Å². The third-order valence-electron chi connectivity index (χ3n) is 2.12. The number of carbonyl (C=O) groups excluding carboxylic acids is 2. The Kier molecular flexibility index (Phi) is 3.98. The van der Waals surface area contributed by atoms with E-state index in [1.807, 2.05) is 0 Å². The molecule has 0 aromatic heterocycles. The fourth-order valence-corrected chi connectivity index (χ4v) is 1.45. The van der Waals surface area contributed by atoms with E-state index in [2.05, 4.69) is 0 Å². The van der Waals surface area contributed by atoms with E-state index in [9.17, 15) is 19.7 Å². The molecule has 7 heteroatoms. The molecule has 0 radical (unpaired) electrons. The summed E-state index contributed by atoms with van der Waals surface area (Å²) in [6.07, 6.45) is 0. The van der Waals surface area contributed by atoms with E-state index in [4.69, 9.17) is 9.47 Å². The van der Waals surface area contributed by atoms with Crippen molar-refractivity contribution in [3.63, 3.8) is 0 Å². The molecule has 0 saturated carbocycles. The van der Waals surface area contributed by atoms with Crippen molar-refractivity contribution in [2.24, 2.45) is 0 Å². The van der Waals surface area contributed by atoms with Crippen molar-refractivity contribution in [3.05, 3.63) is 27.8 Å². The highest BCUT2D eigenvalue weighted by atomic mass is 16.6. The number of hydrogen-bond acceptors (Lipinski definition) is 6. The lowest BCUT2D eigenvalue weighted by molar-refractivity contribution is -0.386. The molecule has 0 heterocycles. The number of hydrogen-bond donors (Lipinski definition) is 0. The summed E-state index contributed by atoms with van der Waals surface area (Å²) in [5, 5.41) is 11.0. The van der Waals surface area contributed by atoms with Crippen LogP contribution in [-0.4, -0.2) is 23.8 Å². The Morgan fingerprint density at radius 2 is 1.89 bits per heavy atom. The first-order valence-corrected chi connectivity index (χ1v) is 4.93. The van der Waals surface area contributed by atoms with Crippen molar-refractivity contribution < 1.29 is 24.0 Å². The number of methoxy groups -OCH3 is 1. The van der Waals surface area contributed by atoms with Crippen molar-refractivity contribution >= 4 is 17.4 Å². The minimum absolute atomic E-state index is 0.0956. The minimum atomic E-state index is -0.747. The second-order valence-electron chi connectivity index (χ2n) is 3.40. The van der Waals surface area contributed by atoms with Gasteiger partial charge in [-0.3, -0.25) is 19.7 Å². The Labute approximate surface area is 102 Å². The molecule has 0 aliphatic rings. The van der Waals surface area contributed by atoms with Crippen LogP contribution in [0.5, 0.6) is 11.5 Å². The van der Waals surface area contributed by atoms with Crippen LogP contribution in [0.1, 0.15) is 24.2 Å². The molecule has 0 unspecified atom stereocenters. The highest BCUT2D eigenvalue weighted by Gasteiger charge is 2.27. The Morgan fingerprint density at radius 1 is 1.28 bits per heavy atom. The van der Waals surface area contributed by atoms with Gasteiger partial charge in [0.2, 0.25) is 5.75 Å². The summed E-state index contributed by atoms with van der Waals surface area (Å²) < 4.78 is 9.64. The molecule has 1 aromatic rings. The van der Waals surface area contributed by atoms with Crippen molar-refractivity contribution in [2.75, 3.05) is 7.11 Å². The van der Waals surface area contributed by atoms with Crippen molar-refractivity contribution in [1.29, 1.82) is 0 Å². The fraction of sp³-hybridized carbons (Fsp3) is 0.273. The first-order chi connectivity index (χ1) is 8.38. The largest absolute Gasteiger partial charge is 0.488 e. The van der Waals surface area contributed by atoms with Gasteiger partial charge in [-0.25, -0.2) is 0 Å². The molecule has 0 bridgehead atoms. The van der Waals surface area contributed by atoms with Gasteiger partial charge in [-0.15, -0.1) is 0 Å².